The van der Waals surface area contributed by atoms with Crippen molar-refractivity contribution >= 4 is 5.90 Å². The molecule has 2 rings (SSSR count). The molecule has 1 saturated heterocycles. The minimum atomic E-state index is 0.747. The lowest BCUT2D eigenvalue weighted by molar-refractivity contribution is 0.0355. The van der Waals surface area contributed by atoms with Crippen molar-refractivity contribution in [2.75, 3.05) is 39.5 Å². The van der Waals surface area contributed by atoms with Crippen molar-refractivity contribution in [3.8, 4) is 0 Å². The number of morpholine rings is 1. The number of ether oxygens (including phenoxy) is 2. The third-order valence-electron chi connectivity index (χ3n) is 3.32. The van der Waals surface area contributed by atoms with E-state index in [2.05, 4.69) is 29.0 Å². The van der Waals surface area contributed by atoms with Gasteiger partial charge in [-0.05, 0) is 19.8 Å². The zero-order chi connectivity index (χ0) is 19.3. The van der Waals surface area contributed by atoms with Gasteiger partial charge in [0.15, 0.2) is 5.90 Å². The van der Waals surface area contributed by atoms with E-state index in [0.29, 0.717) is 0 Å². The van der Waals surface area contributed by atoms with Crippen LogP contribution in [0.1, 0.15) is 67.7 Å². The van der Waals surface area contributed by atoms with E-state index in [4.69, 9.17) is 9.47 Å². The fourth-order valence-corrected chi connectivity index (χ4v) is 2.14. The van der Waals surface area contributed by atoms with Crippen LogP contribution in [-0.4, -0.2) is 50.3 Å². The summed E-state index contributed by atoms with van der Waals surface area (Å²) in [5.41, 5.74) is 1.27. The van der Waals surface area contributed by atoms with Crippen molar-refractivity contribution in [1.29, 1.82) is 0 Å². The second kappa shape index (κ2) is 20.9. The van der Waals surface area contributed by atoms with E-state index in [9.17, 15) is 0 Å². The summed E-state index contributed by atoms with van der Waals surface area (Å²) in [7, 11) is 0. The molecule has 0 radical (unpaired) electrons. The Labute approximate surface area is 157 Å². The molecule has 0 aliphatic carbocycles. The molecule has 25 heavy (non-hydrogen) atoms. The lowest BCUT2D eigenvalue weighted by Crippen LogP contribution is -2.37. The first kappa shape index (κ1) is 26.1. The maximum atomic E-state index is 5.75. The third kappa shape index (κ3) is 14.9. The topological polar surface area (TPSA) is 34.1 Å². The van der Waals surface area contributed by atoms with Crippen molar-refractivity contribution in [1.82, 2.24) is 4.90 Å². The Hall–Kier alpha value is -1.13. The molecular weight excluding hydrogens is 312 g/mol. The van der Waals surface area contributed by atoms with Crippen LogP contribution in [0, 0.1) is 0 Å². The zero-order valence-corrected chi connectivity index (χ0v) is 17.8. The molecule has 4 nitrogen and oxygen atoms in total. The Kier molecular flexibility index (Phi) is 21.8. The standard InChI is InChI=1S/C15H24N2O2.3C2H6/c1-14-5-2-3-6-15(16-13-14)19-10-4-7-17-8-11-18-12-9-17;3*1-2/h2-3,13H,4-12H2,1H3;3*1-2H3/b3-2-,14-13-,16-15?;;;. The summed E-state index contributed by atoms with van der Waals surface area (Å²) in [5.74, 6) is 0.831. The molecule has 148 valence electrons. The average Bonchev–Trinajstić information content (AvgIpc) is 2.69. The predicted molar refractivity (Wildman–Crippen MR) is 111 cm³/mol. The average molecular weight is 355 g/mol. The number of nitrogens with zero attached hydrogens (tertiary/aromatic N) is 2. The van der Waals surface area contributed by atoms with Gasteiger partial charge in [0.25, 0.3) is 0 Å². The van der Waals surface area contributed by atoms with Crippen molar-refractivity contribution in [2.24, 2.45) is 4.99 Å². The van der Waals surface area contributed by atoms with Crippen molar-refractivity contribution in [3.05, 3.63) is 23.9 Å². The quantitative estimate of drug-likeness (QED) is 0.497. The highest BCUT2D eigenvalue weighted by Gasteiger charge is 2.09. The van der Waals surface area contributed by atoms with Gasteiger partial charge in [0.1, 0.15) is 0 Å². The first-order valence-electron chi connectivity index (χ1n) is 10.1. The predicted octanol–water partition coefficient (Wildman–Crippen LogP) is 5.46. The van der Waals surface area contributed by atoms with Gasteiger partial charge >= 0.3 is 0 Å². The molecule has 0 aromatic heterocycles. The van der Waals surface area contributed by atoms with Crippen LogP contribution >= 0.6 is 0 Å². The molecular formula is C21H42N2O2. The van der Waals surface area contributed by atoms with E-state index in [0.717, 1.165) is 64.6 Å². The molecule has 0 bridgehead atoms. The summed E-state index contributed by atoms with van der Waals surface area (Å²) >= 11 is 0. The van der Waals surface area contributed by atoms with Gasteiger partial charge < -0.3 is 9.47 Å². The van der Waals surface area contributed by atoms with E-state index >= 15 is 0 Å². The van der Waals surface area contributed by atoms with Crippen molar-refractivity contribution in [3.63, 3.8) is 0 Å². The molecule has 0 aromatic carbocycles. The highest BCUT2D eigenvalue weighted by atomic mass is 16.5. The van der Waals surface area contributed by atoms with Gasteiger partial charge in [0.2, 0.25) is 0 Å². The van der Waals surface area contributed by atoms with Gasteiger partial charge in [0.05, 0.1) is 19.8 Å². The molecule has 0 atom stereocenters. The number of rotatable bonds is 4. The lowest BCUT2D eigenvalue weighted by atomic mass is 10.2. The second-order valence-corrected chi connectivity index (χ2v) is 5.03. The Morgan fingerprint density at radius 1 is 1.00 bits per heavy atom. The van der Waals surface area contributed by atoms with Crippen LogP contribution in [0.25, 0.3) is 0 Å². The molecule has 0 amide bonds. The number of hydrogen-bond acceptors (Lipinski definition) is 4. The maximum Gasteiger partial charge on any atom is 0.191 e. The van der Waals surface area contributed by atoms with Gasteiger partial charge in [-0.1, -0.05) is 59.3 Å². The SMILES string of the molecule is C/C1=C/N=C(OCCCN2CCOCC2)C/C=C\C1.CC.CC.CC. The molecule has 0 spiro atoms. The highest BCUT2D eigenvalue weighted by molar-refractivity contribution is 5.78. The summed E-state index contributed by atoms with van der Waals surface area (Å²) < 4.78 is 11.1. The molecule has 0 saturated carbocycles. The summed E-state index contributed by atoms with van der Waals surface area (Å²) in [4.78, 5) is 6.82. The molecule has 0 unspecified atom stereocenters. The monoisotopic (exact) mass is 354 g/mol. The summed E-state index contributed by atoms with van der Waals surface area (Å²) in [5, 5.41) is 0. The number of allylic oxidation sites excluding steroid dienone is 2. The van der Waals surface area contributed by atoms with Crippen LogP contribution in [0.15, 0.2) is 28.9 Å². The van der Waals surface area contributed by atoms with Gasteiger partial charge in [-0.2, -0.15) is 0 Å². The Morgan fingerprint density at radius 3 is 2.24 bits per heavy atom. The van der Waals surface area contributed by atoms with Crippen LogP contribution < -0.4 is 0 Å². The number of hydrogen-bond donors (Lipinski definition) is 0. The van der Waals surface area contributed by atoms with Crippen LogP contribution in [0.2, 0.25) is 0 Å². The largest absolute Gasteiger partial charge is 0.480 e. The van der Waals surface area contributed by atoms with Gasteiger partial charge in [-0.3, -0.25) is 4.90 Å². The minimum absolute atomic E-state index is 0.747. The lowest BCUT2D eigenvalue weighted by Gasteiger charge is -2.26. The van der Waals surface area contributed by atoms with Crippen LogP contribution in [0.3, 0.4) is 0 Å². The Morgan fingerprint density at radius 2 is 1.60 bits per heavy atom. The van der Waals surface area contributed by atoms with E-state index in [1.807, 2.05) is 47.7 Å². The molecule has 4 heteroatoms. The number of aliphatic imine (C=N–C) groups is 1. The van der Waals surface area contributed by atoms with E-state index in [-0.39, 0.29) is 0 Å². The van der Waals surface area contributed by atoms with Crippen molar-refractivity contribution in [2.45, 2.75) is 67.7 Å². The summed E-state index contributed by atoms with van der Waals surface area (Å²) in [6, 6.07) is 0. The normalized spacial score (nSPS) is 20.3. The van der Waals surface area contributed by atoms with Crippen LogP contribution in [-0.2, 0) is 9.47 Å². The first-order chi connectivity index (χ1) is 12.3. The molecule has 1 fully saturated rings. The third-order valence-corrected chi connectivity index (χ3v) is 3.32. The minimum Gasteiger partial charge on any atom is -0.480 e. The maximum absolute atomic E-state index is 5.75. The van der Waals surface area contributed by atoms with E-state index in [1.54, 1.807) is 0 Å². The molecule has 0 aromatic rings. The van der Waals surface area contributed by atoms with E-state index in [1.165, 1.54) is 5.57 Å². The molecule has 2 aliphatic rings. The van der Waals surface area contributed by atoms with Gasteiger partial charge in [-0.25, -0.2) is 4.99 Å². The van der Waals surface area contributed by atoms with Crippen LogP contribution in [0.4, 0.5) is 0 Å². The van der Waals surface area contributed by atoms with Gasteiger partial charge in [0, 0.05) is 32.3 Å². The van der Waals surface area contributed by atoms with Crippen molar-refractivity contribution < 1.29 is 9.47 Å². The van der Waals surface area contributed by atoms with E-state index < -0.39 is 0 Å². The van der Waals surface area contributed by atoms with Crippen LogP contribution in [0.5, 0.6) is 0 Å². The second-order valence-electron chi connectivity index (χ2n) is 5.03. The molecule has 2 heterocycles. The summed E-state index contributed by atoms with van der Waals surface area (Å²) in [6.07, 6.45) is 9.08. The Bertz CT molecular complexity index is 357. The zero-order valence-electron chi connectivity index (χ0n) is 17.8. The van der Waals surface area contributed by atoms with Gasteiger partial charge in [-0.15, -0.1) is 0 Å². The Balaban J connectivity index is 0. The molecule has 0 N–H and O–H groups in total. The smallest absolute Gasteiger partial charge is 0.191 e. The molecule has 2 aliphatic heterocycles. The fraction of sp³-hybridized carbons (Fsp3) is 0.762. The summed E-state index contributed by atoms with van der Waals surface area (Å²) in [6.45, 7) is 19.7. The highest BCUT2D eigenvalue weighted by Crippen LogP contribution is 2.07. The fourth-order valence-electron chi connectivity index (χ4n) is 2.14. The first-order valence-corrected chi connectivity index (χ1v) is 10.1.